The number of alkyl carbamates (subject to hydrolysis) is 1. The Bertz CT molecular complexity index is 765. The largest absolute Gasteiger partial charge is 0.453 e. The molecule has 1 amide bonds. The summed E-state index contributed by atoms with van der Waals surface area (Å²) in [5.74, 6) is 11.3. The van der Waals surface area contributed by atoms with Crippen molar-refractivity contribution in [2.45, 2.75) is 32.3 Å². The number of hydrazone groups is 1. The maximum Gasteiger partial charge on any atom is 0.407 e. The van der Waals surface area contributed by atoms with Gasteiger partial charge >= 0.3 is 6.09 Å². The number of aryl methyl sites for hydroxylation is 1. The van der Waals surface area contributed by atoms with Gasteiger partial charge in [-0.05, 0) is 37.8 Å². The van der Waals surface area contributed by atoms with E-state index in [-0.39, 0.29) is 14.1 Å². The average Bonchev–Trinajstić information content (AvgIpc) is 2.70. The van der Waals surface area contributed by atoms with Gasteiger partial charge in [0.1, 0.15) is 5.71 Å². The van der Waals surface area contributed by atoms with E-state index in [9.17, 15) is 4.79 Å². The van der Waals surface area contributed by atoms with Crippen LogP contribution in [-0.4, -0.2) is 55.9 Å². The lowest BCUT2D eigenvalue weighted by Gasteiger charge is -2.20. The number of rotatable bonds is 5. The molecule has 1 aliphatic rings. The van der Waals surface area contributed by atoms with E-state index in [0.29, 0.717) is 18.0 Å². The van der Waals surface area contributed by atoms with Gasteiger partial charge in [-0.25, -0.2) is 4.79 Å². The number of nitrogens with two attached hydrogens (primary N) is 1. The monoisotopic (exact) mass is 373 g/mol. The molecule has 1 aromatic heterocycles. The molecule has 2 heterocycles. The maximum absolute atomic E-state index is 11.0. The summed E-state index contributed by atoms with van der Waals surface area (Å²) in [6.45, 7) is 3.49. The Balaban J connectivity index is 0.00000392. The lowest BCUT2D eigenvalue weighted by atomic mass is 10.1. The highest BCUT2D eigenvalue weighted by Gasteiger charge is 2.13. The zero-order chi connectivity index (χ0) is 19.5. The van der Waals surface area contributed by atoms with Gasteiger partial charge in [-0.15, -0.1) is 0 Å². The van der Waals surface area contributed by atoms with Gasteiger partial charge in [-0.3, -0.25) is 9.98 Å². The number of carbonyl (C=O) groups excluding carboxylic acids is 1. The van der Waals surface area contributed by atoms with Crippen molar-refractivity contribution in [1.29, 1.82) is 0 Å². The Hall–Kier alpha value is -2.92. The van der Waals surface area contributed by atoms with Gasteiger partial charge in [0.15, 0.2) is 0 Å². The second kappa shape index (κ2) is 10.9. The van der Waals surface area contributed by atoms with Crippen LogP contribution >= 0.6 is 0 Å². The SMILES string of the molecule is COC(=O)NCC#Cc1cnc(/C(C=NCC2CCCCO2)=N/N)c(C)c1.[HH]. The van der Waals surface area contributed by atoms with Crippen LogP contribution in [0.2, 0.25) is 0 Å². The number of pyridine rings is 1. The number of nitrogens with one attached hydrogen (secondary N) is 1. The molecule has 8 nitrogen and oxygen atoms in total. The van der Waals surface area contributed by atoms with E-state index in [1.54, 1.807) is 12.4 Å². The lowest BCUT2D eigenvalue weighted by molar-refractivity contribution is 0.0226. The van der Waals surface area contributed by atoms with Gasteiger partial charge in [0, 0.05) is 19.8 Å². The predicted molar refractivity (Wildman–Crippen MR) is 106 cm³/mol. The molecule has 146 valence electrons. The van der Waals surface area contributed by atoms with E-state index in [2.05, 4.69) is 37.0 Å². The summed E-state index contributed by atoms with van der Waals surface area (Å²) in [6, 6.07) is 1.89. The fraction of sp³-hybridized carbons (Fsp3) is 0.474. The van der Waals surface area contributed by atoms with Crippen molar-refractivity contribution >= 4 is 18.0 Å². The van der Waals surface area contributed by atoms with Crippen molar-refractivity contribution in [2.24, 2.45) is 15.9 Å². The Morgan fingerprint density at radius 3 is 3.11 bits per heavy atom. The zero-order valence-corrected chi connectivity index (χ0v) is 15.7. The highest BCUT2D eigenvalue weighted by Crippen LogP contribution is 2.13. The fourth-order valence-corrected chi connectivity index (χ4v) is 2.61. The number of hydrogen-bond donors (Lipinski definition) is 2. The van der Waals surface area contributed by atoms with Crippen LogP contribution in [0.4, 0.5) is 4.79 Å². The number of ether oxygens (including phenoxy) is 2. The van der Waals surface area contributed by atoms with E-state index in [4.69, 9.17) is 10.6 Å². The number of hydrogen-bond acceptors (Lipinski definition) is 7. The van der Waals surface area contributed by atoms with E-state index >= 15 is 0 Å². The highest BCUT2D eigenvalue weighted by atomic mass is 16.5. The first-order chi connectivity index (χ1) is 13.1. The predicted octanol–water partition coefficient (Wildman–Crippen LogP) is 1.65. The second-order valence-electron chi connectivity index (χ2n) is 6.03. The van der Waals surface area contributed by atoms with Crippen molar-refractivity contribution in [2.75, 3.05) is 26.8 Å². The van der Waals surface area contributed by atoms with Crippen LogP contribution in [0.5, 0.6) is 0 Å². The van der Waals surface area contributed by atoms with Gasteiger partial charge < -0.3 is 20.6 Å². The average molecular weight is 373 g/mol. The molecule has 0 saturated carbocycles. The van der Waals surface area contributed by atoms with Gasteiger partial charge in [-0.2, -0.15) is 5.10 Å². The summed E-state index contributed by atoms with van der Waals surface area (Å²) in [7, 11) is 1.30. The minimum Gasteiger partial charge on any atom is -0.453 e. The summed E-state index contributed by atoms with van der Waals surface area (Å²) >= 11 is 0. The summed E-state index contributed by atoms with van der Waals surface area (Å²) in [5.41, 5.74) is 2.78. The van der Waals surface area contributed by atoms with Crippen LogP contribution in [-0.2, 0) is 9.47 Å². The zero-order valence-electron chi connectivity index (χ0n) is 15.7. The van der Waals surface area contributed by atoms with Crippen molar-refractivity contribution in [3.63, 3.8) is 0 Å². The first-order valence-electron chi connectivity index (χ1n) is 8.81. The molecule has 1 saturated heterocycles. The quantitative estimate of drug-likeness (QED) is 0.353. The van der Waals surface area contributed by atoms with Crippen molar-refractivity contribution < 1.29 is 15.7 Å². The molecule has 1 aliphatic heterocycles. The number of nitrogens with zero attached hydrogens (tertiary/aromatic N) is 3. The molecule has 3 N–H and O–H groups in total. The molecule has 0 aromatic carbocycles. The lowest BCUT2D eigenvalue weighted by Crippen LogP contribution is -2.23. The molecule has 0 radical (unpaired) electrons. The first-order valence-corrected chi connectivity index (χ1v) is 8.81. The molecule has 27 heavy (non-hydrogen) atoms. The summed E-state index contributed by atoms with van der Waals surface area (Å²) in [5, 5.41) is 6.29. The van der Waals surface area contributed by atoms with Crippen LogP contribution < -0.4 is 11.2 Å². The molecular formula is C19H27N5O3. The fourth-order valence-electron chi connectivity index (χ4n) is 2.61. The third kappa shape index (κ3) is 6.72. The van der Waals surface area contributed by atoms with Crippen molar-refractivity contribution in [3.8, 4) is 11.8 Å². The number of carbonyl (C=O) groups is 1. The summed E-state index contributed by atoms with van der Waals surface area (Å²) < 4.78 is 10.1. The maximum atomic E-state index is 11.0. The van der Waals surface area contributed by atoms with Crippen molar-refractivity contribution in [1.82, 2.24) is 10.3 Å². The molecule has 2 rings (SSSR count). The van der Waals surface area contributed by atoms with E-state index in [0.717, 1.165) is 30.6 Å². The Kier molecular flexibility index (Phi) is 8.26. The Labute approximate surface area is 160 Å². The summed E-state index contributed by atoms with van der Waals surface area (Å²) in [4.78, 5) is 19.8. The van der Waals surface area contributed by atoms with Crippen molar-refractivity contribution in [3.05, 3.63) is 29.1 Å². The first kappa shape index (κ1) is 20.4. The molecule has 1 aromatic rings. The molecule has 1 unspecified atom stereocenters. The van der Waals surface area contributed by atoms with Crippen LogP contribution in [0.1, 0.15) is 37.5 Å². The molecule has 0 spiro atoms. The molecule has 1 fully saturated rings. The van der Waals surface area contributed by atoms with Crippen LogP contribution in [0, 0.1) is 18.8 Å². The standard InChI is InChI=1S/C19H25N5O3.H2/c1-14-10-15(6-5-8-22-19(25)26-2)11-23-18(14)17(24-20)13-21-12-16-7-3-4-9-27-16;/h10-11,13,16H,3-4,7-9,12,20H2,1-2H3,(H,22,25);1H/b21-13?,24-17+;. The minimum absolute atomic E-state index is 0. The van der Waals surface area contributed by atoms with Crippen LogP contribution in [0.25, 0.3) is 0 Å². The number of methoxy groups -OCH3 is 1. The van der Waals surface area contributed by atoms with Gasteiger partial charge in [-0.1, -0.05) is 11.8 Å². The van der Waals surface area contributed by atoms with E-state index in [1.807, 2.05) is 13.0 Å². The van der Waals surface area contributed by atoms with Gasteiger partial charge in [0.25, 0.3) is 0 Å². The topological polar surface area (TPSA) is 111 Å². The number of amides is 1. The van der Waals surface area contributed by atoms with E-state index in [1.165, 1.54) is 13.5 Å². The third-order valence-electron chi connectivity index (χ3n) is 4.00. The van der Waals surface area contributed by atoms with Gasteiger partial charge in [0.05, 0.1) is 38.2 Å². The van der Waals surface area contributed by atoms with Crippen LogP contribution in [0.3, 0.4) is 0 Å². The molecule has 0 aliphatic carbocycles. The van der Waals surface area contributed by atoms with Crippen LogP contribution in [0.15, 0.2) is 22.4 Å². The van der Waals surface area contributed by atoms with Gasteiger partial charge in [0.2, 0.25) is 0 Å². The number of aliphatic imine (C=N–C) groups is 1. The molecule has 1 atom stereocenters. The molecule has 8 heteroatoms. The second-order valence-corrected chi connectivity index (χ2v) is 6.03. The smallest absolute Gasteiger partial charge is 0.407 e. The summed E-state index contributed by atoms with van der Waals surface area (Å²) in [6.07, 6.45) is 6.25. The minimum atomic E-state index is -0.518. The van der Waals surface area contributed by atoms with E-state index < -0.39 is 6.09 Å². The third-order valence-corrected chi connectivity index (χ3v) is 4.00. The molecule has 0 bridgehead atoms. The number of aromatic nitrogens is 1. The highest BCUT2D eigenvalue weighted by molar-refractivity contribution is 6.37. The Morgan fingerprint density at radius 1 is 1.59 bits per heavy atom. The molecular weight excluding hydrogens is 346 g/mol. The Morgan fingerprint density at radius 2 is 2.44 bits per heavy atom. The normalized spacial score (nSPS) is 17.3.